The van der Waals surface area contributed by atoms with Crippen molar-refractivity contribution in [2.24, 2.45) is 5.73 Å². The van der Waals surface area contributed by atoms with Gasteiger partial charge >= 0.3 is 0 Å². The van der Waals surface area contributed by atoms with Gasteiger partial charge in [-0.05, 0) is 54.9 Å². The molecule has 0 radical (unpaired) electrons. The van der Waals surface area contributed by atoms with Crippen molar-refractivity contribution >= 4 is 10.0 Å². The molecular weight excluding hydrogens is 442 g/mol. The Morgan fingerprint density at radius 3 is 2.58 bits per heavy atom. The van der Waals surface area contributed by atoms with Crippen molar-refractivity contribution in [2.45, 2.75) is 17.7 Å². The Hall–Kier alpha value is -3.52. The summed E-state index contributed by atoms with van der Waals surface area (Å²) in [6, 6.07) is 14.0. The monoisotopic (exact) mass is 467 g/mol. The first-order chi connectivity index (χ1) is 15.9. The zero-order valence-electron chi connectivity index (χ0n) is 18.4. The summed E-state index contributed by atoms with van der Waals surface area (Å²) in [6.45, 7) is 0.648. The molecule has 3 N–H and O–H groups in total. The highest BCUT2D eigenvalue weighted by atomic mass is 32.2. The molecule has 0 fully saturated rings. The van der Waals surface area contributed by atoms with Crippen molar-refractivity contribution in [3.05, 3.63) is 65.6 Å². The lowest BCUT2D eigenvalue weighted by Crippen LogP contribution is -2.26. The number of nitrogens with two attached hydrogens (primary N) is 1. The Kier molecular flexibility index (Phi) is 7.95. The minimum atomic E-state index is -3.72. The molecule has 172 valence electrons. The summed E-state index contributed by atoms with van der Waals surface area (Å²) in [7, 11) is -0.783. The van der Waals surface area contributed by atoms with Gasteiger partial charge in [-0.1, -0.05) is 6.07 Å². The van der Waals surface area contributed by atoms with Gasteiger partial charge in [-0.3, -0.25) is 0 Å². The van der Waals surface area contributed by atoms with E-state index in [1.165, 1.54) is 20.3 Å². The number of sulfonamides is 1. The molecule has 1 heterocycles. The van der Waals surface area contributed by atoms with E-state index < -0.39 is 10.0 Å². The quantitative estimate of drug-likeness (QED) is 0.433. The first-order valence-corrected chi connectivity index (χ1v) is 11.7. The molecule has 0 saturated carbocycles. The van der Waals surface area contributed by atoms with Crippen molar-refractivity contribution in [3.63, 3.8) is 0 Å². The first kappa shape index (κ1) is 24.1. The maximum absolute atomic E-state index is 12.6. The topological polar surface area (TPSA) is 140 Å². The number of ether oxygens (including phenoxy) is 2. The third-order valence-corrected chi connectivity index (χ3v) is 6.37. The van der Waals surface area contributed by atoms with Crippen molar-refractivity contribution in [2.75, 3.05) is 27.3 Å². The molecule has 0 bridgehead atoms. The molecule has 0 atom stereocenters. The number of hydrogen-bond acceptors (Lipinski definition) is 8. The zero-order valence-corrected chi connectivity index (χ0v) is 19.2. The molecular formula is C23H25N5O4S. The van der Waals surface area contributed by atoms with Gasteiger partial charge in [0, 0.05) is 24.7 Å². The molecule has 9 nitrogen and oxygen atoms in total. The van der Waals surface area contributed by atoms with Gasteiger partial charge in [-0.15, -0.1) is 0 Å². The maximum Gasteiger partial charge on any atom is 0.244 e. The predicted octanol–water partition coefficient (Wildman–Crippen LogP) is 2.25. The molecule has 10 heteroatoms. The minimum absolute atomic E-state index is 0.0581. The van der Waals surface area contributed by atoms with Crippen LogP contribution in [0.5, 0.6) is 11.5 Å². The van der Waals surface area contributed by atoms with Gasteiger partial charge in [0.2, 0.25) is 10.0 Å². The Morgan fingerprint density at radius 2 is 1.88 bits per heavy atom. The molecule has 0 aliphatic rings. The molecule has 3 rings (SSSR count). The third kappa shape index (κ3) is 5.84. The number of nitrogens with zero attached hydrogens (tertiary/aromatic N) is 3. The van der Waals surface area contributed by atoms with Crippen LogP contribution >= 0.6 is 0 Å². The summed E-state index contributed by atoms with van der Waals surface area (Å²) in [5.41, 5.74) is 8.06. The molecule has 3 aromatic rings. The summed E-state index contributed by atoms with van der Waals surface area (Å²) in [5, 5.41) is 9.33. The van der Waals surface area contributed by atoms with Gasteiger partial charge in [0.1, 0.15) is 28.3 Å². The Labute approximate surface area is 193 Å². The summed E-state index contributed by atoms with van der Waals surface area (Å²) in [6.07, 6.45) is 2.55. The molecule has 0 aliphatic carbocycles. The summed E-state index contributed by atoms with van der Waals surface area (Å²) in [5.74, 6) is 1.27. The predicted molar refractivity (Wildman–Crippen MR) is 123 cm³/mol. The molecule has 0 aliphatic heterocycles. The number of nitrogens with one attached hydrogen (secondary N) is 1. The second kappa shape index (κ2) is 10.9. The van der Waals surface area contributed by atoms with Gasteiger partial charge in [-0.25, -0.2) is 23.1 Å². The number of benzene rings is 2. The third-order valence-electron chi connectivity index (χ3n) is 4.87. The van der Waals surface area contributed by atoms with Crippen molar-refractivity contribution in [1.82, 2.24) is 14.7 Å². The van der Waals surface area contributed by atoms with Gasteiger partial charge < -0.3 is 15.2 Å². The van der Waals surface area contributed by atoms with Crippen molar-refractivity contribution in [1.29, 1.82) is 5.26 Å². The Morgan fingerprint density at radius 1 is 1.09 bits per heavy atom. The standard InChI is InChI=1S/C23H25N5O4S/c1-31-20-6-5-17(14-18(20)15-25)19-8-11-26-23(28-19)13-16-4-7-22(21(12-16)32-2)33(29,30)27-10-3-9-24/h4-8,11-12,14,27H,3,9-10,13,24H2,1-2H3. The van der Waals surface area contributed by atoms with Gasteiger partial charge in [0.05, 0.1) is 25.5 Å². The SMILES string of the molecule is COc1ccc(-c2ccnc(Cc3ccc(S(=O)(=O)NCCCN)c(OC)c3)n2)cc1C#N. The normalized spacial score (nSPS) is 11.1. The maximum atomic E-state index is 12.6. The smallest absolute Gasteiger partial charge is 0.244 e. The van der Waals surface area contributed by atoms with E-state index in [-0.39, 0.29) is 17.2 Å². The van der Waals surface area contributed by atoms with Crippen LogP contribution in [0.4, 0.5) is 0 Å². The fraction of sp³-hybridized carbons (Fsp3) is 0.261. The van der Waals surface area contributed by atoms with Gasteiger partial charge in [0.25, 0.3) is 0 Å². The van der Waals surface area contributed by atoms with Gasteiger partial charge in [0.15, 0.2) is 0 Å². The van der Waals surface area contributed by atoms with Crippen LogP contribution in [0.3, 0.4) is 0 Å². The molecule has 33 heavy (non-hydrogen) atoms. The van der Waals surface area contributed by atoms with Crippen LogP contribution in [0.2, 0.25) is 0 Å². The number of methoxy groups -OCH3 is 2. The molecule has 1 aromatic heterocycles. The highest BCUT2D eigenvalue weighted by Crippen LogP contribution is 2.27. The van der Waals surface area contributed by atoms with Crippen LogP contribution in [0.25, 0.3) is 11.3 Å². The van der Waals surface area contributed by atoms with E-state index in [4.69, 9.17) is 15.2 Å². The van der Waals surface area contributed by atoms with E-state index in [2.05, 4.69) is 20.8 Å². The lowest BCUT2D eigenvalue weighted by atomic mass is 10.1. The minimum Gasteiger partial charge on any atom is -0.495 e. The average molecular weight is 468 g/mol. The fourth-order valence-electron chi connectivity index (χ4n) is 3.21. The van der Waals surface area contributed by atoms with Gasteiger partial charge in [-0.2, -0.15) is 5.26 Å². The van der Waals surface area contributed by atoms with Crippen LogP contribution in [-0.2, 0) is 16.4 Å². The van der Waals surface area contributed by atoms with E-state index in [0.29, 0.717) is 42.2 Å². The van der Waals surface area contributed by atoms with E-state index >= 15 is 0 Å². The van der Waals surface area contributed by atoms with E-state index in [9.17, 15) is 13.7 Å². The summed E-state index contributed by atoms with van der Waals surface area (Å²) in [4.78, 5) is 8.99. The summed E-state index contributed by atoms with van der Waals surface area (Å²) < 4.78 is 38.2. The van der Waals surface area contributed by atoms with Crippen LogP contribution in [0, 0.1) is 11.3 Å². The summed E-state index contributed by atoms with van der Waals surface area (Å²) >= 11 is 0. The van der Waals surface area contributed by atoms with Crippen LogP contribution < -0.4 is 19.9 Å². The lowest BCUT2D eigenvalue weighted by molar-refractivity contribution is 0.402. The number of rotatable bonds is 10. The highest BCUT2D eigenvalue weighted by molar-refractivity contribution is 7.89. The zero-order chi connectivity index (χ0) is 23.8. The van der Waals surface area contributed by atoms with Crippen molar-refractivity contribution < 1.29 is 17.9 Å². The number of aromatic nitrogens is 2. The molecule has 0 amide bonds. The average Bonchev–Trinajstić information content (AvgIpc) is 2.83. The Bertz CT molecular complexity index is 1270. The number of hydrogen-bond donors (Lipinski definition) is 2. The Balaban J connectivity index is 1.85. The lowest BCUT2D eigenvalue weighted by Gasteiger charge is -2.12. The van der Waals surface area contributed by atoms with Crippen molar-refractivity contribution in [3.8, 4) is 28.8 Å². The molecule has 0 unspecified atom stereocenters. The largest absolute Gasteiger partial charge is 0.495 e. The molecule has 2 aromatic carbocycles. The second-order valence-electron chi connectivity index (χ2n) is 7.09. The van der Waals surface area contributed by atoms with Crippen LogP contribution in [-0.4, -0.2) is 45.7 Å². The fourth-order valence-corrected chi connectivity index (χ4v) is 4.44. The van der Waals surface area contributed by atoms with E-state index in [0.717, 1.165) is 11.1 Å². The number of nitriles is 1. The highest BCUT2D eigenvalue weighted by Gasteiger charge is 2.19. The van der Waals surface area contributed by atoms with E-state index in [1.807, 2.05) is 6.07 Å². The van der Waals surface area contributed by atoms with Crippen LogP contribution in [0.1, 0.15) is 23.4 Å². The first-order valence-electron chi connectivity index (χ1n) is 10.2. The van der Waals surface area contributed by atoms with E-state index in [1.54, 1.807) is 36.5 Å². The second-order valence-corrected chi connectivity index (χ2v) is 8.82. The molecule has 0 saturated heterocycles. The van der Waals surface area contributed by atoms with Crippen LogP contribution in [0.15, 0.2) is 53.6 Å². The molecule has 0 spiro atoms.